The molecule has 27 heavy (non-hydrogen) atoms. The van der Waals surface area contributed by atoms with Gasteiger partial charge < -0.3 is 9.84 Å². The number of hydrazone groups is 1. The molecule has 0 aliphatic carbocycles. The second kappa shape index (κ2) is 9.15. The number of ether oxygens (including phenoxy) is 1. The molecule has 0 heterocycles. The molecule has 2 rings (SSSR count). The fourth-order valence-electron chi connectivity index (χ4n) is 2.16. The van der Waals surface area contributed by atoms with E-state index in [1.165, 1.54) is 31.5 Å². The van der Waals surface area contributed by atoms with Crippen LogP contribution in [0.2, 0.25) is 0 Å². The van der Waals surface area contributed by atoms with Gasteiger partial charge in [-0.25, -0.2) is 13.8 Å². The normalized spacial score (nSPS) is 11.7. The number of phenols is 1. The Morgan fingerprint density at radius 1 is 1.26 bits per heavy atom. The van der Waals surface area contributed by atoms with Gasteiger partial charge in [0.25, 0.3) is 5.91 Å². The molecule has 0 atom stereocenters. The zero-order valence-electron chi connectivity index (χ0n) is 15.0. The Balaban J connectivity index is 1.96. The maximum Gasteiger partial charge on any atom is 0.255 e. The summed E-state index contributed by atoms with van der Waals surface area (Å²) in [6.45, 7) is 1.81. The van der Waals surface area contributed by atoms with E-state index in [0.29, 0.717) is 17.9 Å². The number of aromatic hydroxyl groups is 1. The Morgan fingerprint density at radius 2 is 1.96 bits per heavy atom. The average Bonchev–Trinajstić information content (AvgIpc) is 2.65. The number of phenolic OH excluding ortho intramolecular Hbond substituents is 1. The molecule has 0 saturated heterocycles. The van der Waals surface area contributed by atoms with E-state index in [2.05, 4.69) is 10.5 Å². The van der Waals surface area contributed by atoms with E-state index in [9.17, 15) is 18.3 Å². The molecule has 8 nitrogen and oxygen atoms in total. The summed E-state index contributed by atoms with van der Waals surface area (Å²) in [5, 5.41) is 13.4. The molecule has 0 fully saturated rings. The summed E-state index contributed by atoms with van der Waals surface area (Å²) in [6.07, 6.45) is 1.37. The van der Waals surface area contributed by atoms with Gasteiger partial charge in [-0.1, -0.05) is 18.2 Å². The fourth-order valence-corrected chi connectivity index (χ4v) is 3.30. The number of benzene rings is 2. The van der Waals surface area contributed by atoms with Crippen LogP contribution in [0.3, 0.4) is 0 Å². The van der Waals surface area contributed by atoms with E-state index < -0.39 is 15.9 Å². The summed E-state index contributed by atoms with van der Waals surface area (Å²) in [5.41, 5.74) is 2.87. The van der Waals surface area contributed by atoms with Crippen LogP contribution in [-0.2, 0) is 14.8 Å². The first-order valence-electron chi connectivity index (χ1n) is 8.13. The third kappa shape index (κ3) is 5.53. The van der Waals surface area contributed by atoms with Crippen LogP contribution < -0.4 is 10.2 Å². The Labute approximate surface area is 158 Å². The number of nitrogens with one attached hydrogen (secondary N) is 1. The SMILES string of the molecule is CCOc1cc(/C=N/NC(=O)CN(C)S(=O)(=O)c2ccccc2)ccc1O. The number of amides is 1. The summed E-state index contributed by atoms with van der Waals surface area (Å²) < 4.78 is 30.9. The first-order valence-corrected chi connectivity index (χ1v) is 9.57. The number of rotatable bonds is 8. The van der Waals surface area contributed by atoms with Gasteiger partial charge in [-0.2, -0.15) is 9.41 Å². The maximum atomic E-state index is 12.4. The van der Waals surface area contributed by atoms with E-state index in [1.54, 1.807) is 37.3 Å². The van der Waals surface area contributed by atoms with E-state index in [1.807, 2.05) is 0 Å². The number of sulfonamides is 1. The number of nitrogens with zero attached hydrogens (tertiary/aromatic N) is 2. The van der Waals surface area contributed by atoms with Crippen molar-refractivity contribution in [2.75, 3.05) is 20.2 Å². The molecule has 0 bridgehead atoms. The quantitative estimate of drug-likeness (QED) is 0.524. The van der Waals surface area contributed by atoms with Crippen LogP contribution >= 0.6 is 0 Å². The van der Waals surface area contributed by atoms with Crippen molar-refractivity contribution in [1.29, 1.82) is 0 Å². The predicted molar refractivity (Wildman–Crippen MR) is 101 cm³/mol. The molecule has 2 aromatic carbocycles. The topological polar surface area (TPSA) is 108 Å². The standard InChI is InChI=1S/C18H21N3O5S/c1-3-26-17-11-14(9-10-16(17)22)12-19-20-18(23)13-21(2)27(24,25)15-7-5-4-6-8-15/h4-12,22H,3,13H2,1-2H3,(H,20,23)/b19-12+. The minimum Gasteiger partial charge on any atom is -0.504 e. The van der Waals surface area contributed by atoms with E-state index >= 15 is 0 Å². The monoisotopic (exact) mass is 391 g/mol. The van der Waals surface area contributed by atoms with Crippen molar-refractivity contribution in [1.82, 2.24) is 9.73 Å². The van der Waals surface area contributed by atoms with Crippen LogP contribution in [0.1, 0.15) is 12.5 Å². The highest BCUT2D eigenvalue weighted by atomic mass is 32.2. The Bertz CT molecular complexity index is 914. The van der Waals surface area contributed by atoms with Gasteiger partial charge in [-0.3, -0.25) is 4.79 Å². The van der Waals surface area contributed by atoms with Gasteiger partial charge in [0.2, 0.25) is 10.0 Å². The molecule has 0 spiro atoms. The second-order valence-electron chi connectivity index (χ2n) is 5.53. The van der Waals surface area contributed by atoms with Gasteiger partial charge in [0.1, 0.15) is 0 Å². The van der Waals surface area contributed by atoms with E-state index in [-0.39, 0.29) is 17.2 Å². The molecule has 0 aliphatic rings. The summed E-state index contributed by atoms with van der Waals surface area (Å²) in [6, 6.07) is 12.5. The summed E-state index contributed by atoms with van der Waals surface area (Å²) in [4.78, 5) is 12.1. The number of carbonyl (C=O) groups excluding carboxylic acids is 1. The Hall–Kier alpha value is -2.91. The number of carbonyl (C=O) groups is 1. The van der Waals surface area contributed by atoms with Crippen molar-refractivity contribution in [2.45, 2.75) is 11.8 Å². The van der Waals surface area contributed by atoms with Crippen LogP contribution in [0.5, 0.6) is 11.5 Å². The minimum absolute atomic E-state index is 0.00535. The lowest BCUT2D eigenvalue weighted by Crippen LogP contribution is -2.36. The lowest BCUT2D eigenvalue weighted by atomic mass is 10.2. The van der Waals surface area contributed by atoms with Crippen molar-refractivity contribution in [3.8, 4) is 11.5 Å². The lowest BCUT2D eigenvalue weighted by molar-refractivity contribution is -0.121. The van der Waals surface area contributed by atoms with Crippen molar-refractivity contribution in [3.63, 3.8) is 0 Å². The van der Waals surface area contributed by atoms with E-state index in [0.717, 1.165) is 4.31 Å². The highest BCUT2D eigenvalue weighted by Crippen LogP contribution is 2.26. The first kappa shape index (κ1) is 20.4. The molecule has 0 saturated carbocycles. The largest absolute Gasteiger partial charge is 0.504 e. The fraction of sp³-hybridized carbons (Fsp3) is 0.222. The lowest BCUT2D eigenvalue weighted by Gasteiger charge is -2.15. The highest BCUT2D eigenvalue weighted by Gasteiger charge is 2.22. The van der Waals surface area contributed by atoms with Gasteiger partial charge in [0.15, 0.2) is 11.5 Å². The Kier molecular flexibility index (Phi) is 6.91. The maximum absolute atomic E-state index is 12.4. The Morgan fingerprint density at radius 3 is 2.63 bits per heavy atom. The minimum atomic E-state index is -3.75. The molecule has 0 aliphatic heterocycles. The average molecular weight is 391 g/mol. The molecule has 144 valence electrons. The predicted octanol–water partition coefficient (Wildman–Crippen LogP) is 1.56. The van der Waals surface area contributed by atoms with Crippen LogP contribution in [0.4, 0.5) is 0 Å². The van der Waals surface area contributed by atoms with Crippen LogP contribution in [0.15, 0.2) is 58.5 Å². The molecule has 0 radical (unpaired) electrons. The molecular weight excluding hydrogens is 370 g/mol. The smallest absolute Gasteiger partial charge is 0.255 e. The van der Waals surface area contributed by atoms with Crippen molar-refractivity contribution >= 4 is 22.1 Å². The third-order valence-electron chi connectivity index (χ3n) is 3.50. The summed E-state index contributed by atoms with van der Waals surface area (Å²) in [7, 11) is -2.43. The van der Waals surface area contributed by atoms with Crippen LogP contribution in [0.25, 0.3) is 0 Å². The van der Waals surface area contributed by atoms with Crippen molar-refractivity contribution in [2.24, 2.45) is 5.10 Å². The summed E-state index contributed by atoms with van der Waals surface area (Å²) >= 11 is 0. The van der Waals surface area contributed by atoms with Crippen molar-refractivity contribution < 1.29 is 23.1 Å². The third-order valence-corrected chi connectivity index (χ3v) is 5.32. The van der Waals surface area contributed by atoms with Gasteiger partial charge in [-0.05, 0) is 42.8 Å². The molecule has 2 N–H and O–H groups in total. The molecule has 1 amide bonds. The molecule has 0 unspecified atom stereocenters. The van der Waals surface area contributed by atoms with Gasteiger partial charge in [0.05, 0.1) is 24.3 Å². The second-order valence-corrected chi connectivity index (χ2v) is 7.57. The summed E-state index contributed by atoms with van der Waals surface area (Å²) in [5.74, 6) is -0.274. The van der Waals surface area contributed by atoms with E-state index in [4.69, 9.17) is 4.74 Å². The first-order chi connectivity index (χ1) is 12.8. The van der Waals surface area contributed by atoms with Crippen LogP contribution in [0, 0.1) is 0 Å². The zero-order valence-corrected chi connectivity index (χ0v) is 15.8. The molecule has 0 aromatic heterocycles. The number of likely N-dealkylation sites (N-methyl/N-ethyl adjacent to an activating group) is 1. The zero-order chi connectivity index (χ0) is 19.9. The highest BCUT2D eigenvalue weighted by molar-refractivity contribution is 7.89. The molecule has 9 heteroatoms. The molecule has 2 aromatic rings. The van der Waals surface area contributed by atoms with Gasteiger partial charge in [-0.15, -0.1) is 0 Å². The van der Waals surface area contributed by atoms with Crippen LogP contribution in [-0.4, -0.2) is 50.2 Å². The van der Waals surface area contributed by atoms with Gasteiger partial charge in [0, 0.05) is 7.05 Å². The number of hydrogen-bond donors (Lipinski definition) is 2. The van der Waals surface area contributed by atoms with Gasteiger partial charge >= 0.3 is 0 Å². The molecular formula is C18H21N3O5S. The van der Waals surface area contributed by atoms with Crippen molar-refractivity contribution in [3.05, 3.63) is 54.1 Å². The number of hydrogen-bond acceptors (Lipinski definition) is 6.